The van der Waals surface area contributed by atoms with E-state index in [2.05, 4.69) is 10.3 Å². The second-order valence-corrected chi connectivity index (χ2v) is 7.60. The molecule has 29 heavy (non-hydrogen) atoms. The predicted molar refractivity (Wildman–Crippen MR) is 108 cm³/mol. The van der Waals surface area contributed by atoms with Crippen LogP contribution in [-0.2, 0) is 17.8 Å². The molecule has 8 nitrogen and oxygen atoms in total. The van der Waals surface area contributed by atoms with Gasteiger partial charge in [0.05, 0.1) is 12.2 Å². The average Bonchev–Trinajstić information content (AvgIpc) is 2.78. The molecule has 2 aliphatic rings. The second kappa shape index (κ2) is 8.14. The van der Waals surface area contributed by atoms with Gasteiger partial charge >= 0.3 is 0 Å². The van der Waals surface area contributed by atoms with Crippen LogP contribution in [0.25, 0.3) is 0 Å². The standard InChI is InChI=1S/C21H26N6O2/c1-14(28)26-10-5-6-15(12-26)19-24-18-13-27(11-8-16(18)20(22-2)25-19)21(29)17-7-3-4-9-23-17/h3-4,7,9,15H,5-6,8,10-13H2,1-2H3,(H,22,24,25). The maximum atomic E-state index is 12.8. The van der Waals surface area contributed by atoms with E-state index < -0.39 is 0 Å². The van der Waals surface area contributed by atoms with Crippen molar-refractivity contribution in [3.63, 3.8) is 0 Å². The molecular formula is C21H26N6O2. The van der Waals surface area contributed by atoms with E-state index in [0.717, 1.165) is 42.3 Å². The Labute approximate surface area is 170 Å². The van der Waals surface area contributed by atoms with Gasteiger partial charge in [0.25, 0.3) is 5.91 Å². The third-order valence-electron chi connectivity index (χ3n) is 5.72. The van der Waals surface area contributed by atoms with Crippen LogP contribution < -0.4 is 5.32 Å². The van der Waals surface area contributed by atoms with Gasteiger partial charge in [-0.3, -0.25) is 14.6 Å². The van der Waals surface area contributed by atoms with Crippen molar-refractivity contribution in [3.05, 3.63) is 47.2 Å². The molecule has 152 valence electrons. The monoisotopic (exact) mass is 394 g/mol. The first-order chi connectivity index (χ1) is 14.1. The topological polar surface area (TPSA) is 91.3 Å². The molecule has 2 aliphatic heterocycles. The maximum Gasteiger partial charge on any atom is 0.272 e. The van der Waals surface area contributed by atoms with Gasteiger partial charge in [-0.1, -0.05) is 6.07 Å². The fraction of sp³-hybridized carbons (Fsp3) is 0.476. The number of piperidine rings is 1. The van der Waals surface area contributed by atoms with E-state index in [1.165, 1.54) is 0 Å². The van der Waals surface area contributed by atoms with Crippen LogP contribution in [0.1, 0.15) is 53.3 Å². The lowest BCUT2D eigenvalue weighted by Crippen LogP contribution is -2.39. The largest absolute Gasteiger partial charge is 0.373 e. The quantitative estimate of drug-likeness (QED) is 0.854. The summed E-state index contributed by atoms with van der Waals surface area (Å²) in [5.74, 6) is 1.71. The third-order valence-corrected chi connectivity index (χ3v) is 5.72. The Hall–Kier alpha value is -3.03. The molecule has 4 heterocycles. The van der Waals surface area contributed by atoms with E-state index in [1.807, 2.05) is 18.0 Å². The molecular weight excluding hydrogens is 368 g/mol. The van der Waals surface area contributed by atoms with Crippen molar-refractivity contribution in [2.45, 2.75) is 38.6 Å². The lowest BCUT2D eigenvalue weighted by Gasteiger charge is -2.33. The van der Waals surface area contributed by atoms with Gasteiger partial charge in [-0.25, -0.2) is 9.97 Å². The third kappa shape index (κ3) is 3.92. The highest BCUT2D eigenvalue weighted by atomic mass is 16.2. The molecule has 0 radical (unpaired) electrons. The van der Waals surface area contributed by atoms with Crippen LogP contribution in [0.3, 0.4) is 0 Å². The highest BCUT2D eigenvalue weighted by Gasteiger charge is 2.30. The van der Waals surface area contributed by atoms with Gasteiger partial charge in [0.15, 0.2) is 0 Å². The molecule has 0 bridgehead atoms. The van der Waals surface area contributed by atoms with Gasteiger partial charge < -0.3 is 15.1 Å². The highest BCUT2D eigenvalue weighted by Crippen LogP contribution is 2.30. The zero-order valence-electron chi connectivity index (χ0n) is 16.9. The number of carbonyl (C=O) groups excluding carboxylic acids is 2. The molecule has 2 aromatic rings. The number of nitrogens with one attached hydrogen (secondary N) is 1. The molecule has 1 atom stereocenters. The van der Waals surface area contributed by atoms with Gasteiger partial charge in [-0.15, -0.1) is 0 Å². The number of aromatic nitrogens is 3. The minimum atomic E-state index is -0.0807. The smallest absolute Gasteiger partial charge is 0.272 e. The number of amides is 2. The van der Waals surface area contributed by atoms with Crippen molar-refractivity contribution in [1.29, 1.82) is 0 Å². The number of likely N-dealkylation sites (tertiary alicyclic amines) is 1. The molecule has 0 aromatic carbocycles. The Morgan fingerprint density at radius 1 is 1.17 bits per heavy atom. The first-order valence-electron chi connectivity index (χ1n) is 10.1. The van der Waals surface area contributed by atoms with Gasteiger partial charge in [0.1, 0.15) is 17.3 Å². The Bertz CT molecular complexity index is 917. The number of pyridine rings is 1. The minimum Gasteiger partial charge on any atom is -0.373 e. The molecule has 2 aromatic heterocycles. The summed E-state index contributed by atoms with van der Waals surface area (Å²) in [4.78, 5) is 42.1. The van der Waals surface area contributed by atoms with E-state index in [0.29, 0.717) is 31.7 Å². The highest BCUT2D eigenvalue weighted by molar-refractivity contribution is 5.92. The molecule has 0 spiro atoms. The fourth-order valence-electron chi connectivity index (χ4n) is 4.14. The van der Waals surface area contributed by atoms with Crippen molar-refractivity contribution in [2.24, 2.45) is 0 Å². The Balaban J connectivity index is 1.60. The van der Waals surface area contributed by atoms with Gasteiger partial charge in [-0.05, 0) is 31.4 Å². The summed E-state index contributed by atoms with van der Waals surface area (Å²) in [6.45, 7) is 4.10. The summed E-state index contributed by atoms with van der Waals surface area (Å²) >= 11 is 0. The summed E-state index contributed by atoms with van der Waals surface area (Å²) < 4.78 is 0. The van der Waals surface area contributed by atoms with Crippen molar-refractivity contribution in [1.82, 2.24) is 24.8 Å². The van der Waals surface area contributed by atoms with Crippen LogP contribution in [-0.4, -0.2) is 63.2 Å². The first-order valence-corrected chi connectivity index (χ1v) is 10.1. The molecule has 2 amide bonds. The van der Waals surface area contributed by atoms with Crippen LogP contribution in [0.4, 0.5) is 5.82 Å². The predicted octanol–water partition coefficient (Wildman–Crippen LogP) is 1.84. The normalized spacial score (nSPS) is 18.9. The molecule has 1 fully saturated rings. The Morgan fingerprint density at radius 2 is 2.03 bits per heavy atom. The van der Waals surface area contributed by atoms with E-state index in [9.17, 15) is 9.59 Å². The SMILES string of the molecule is CNc1nc(C2CCCN(C(C)=O)C2)nc2c1CCN(C(=O)c1ccccn1)C2. The summed E-state index contributed by atoms with van der Waals surface area (Å²) in [5.41, 5.74) is 2.40. The molecule has 8 heteroatoms. The lowest BCUT2D eigenvalue weighted by atomic mass is 9.96. The van der Waals surface area contributed by atoms with Gasteiger partial charge in [0.2, 0.25) is 5.91 Å². The van der Waals surface area contributed by atoms with E-state index in [-0.39, 0.29) is 17.7 Å². The molecule has 0 saturated carbocycles. The number of hydrogen-bond donors (Lipinski definition) is 1. The van der Waals surface area contributed by atoms with E-state index in [4.69, 9.17) is 9.97 Å². The first kappa shape index (κ1) is 19.3. The Morgan fingerprint density at radius 3 is 2.76 bits per heavy atom. The minimum absolute atomic E-state index is 0.0807. The summed E-state index contributed by atoms with van der Waals surface area (Å²) in [5, 5.41) is 3.20. The maximum absolute atomic E-state index is 12.8. The average molecular weight is 394 g/mol. The second-order valence-electron chi connectivity index (χ2n) is 7.60. The number of carbonyl (C=O) groups is 2. The van der Waals surface area contributed by atoms with Crippen LogP contribution >= 0.6 is 0 Å². The lowest BCUT2D eigenvalue weighted by molar-refractivity contribution is -0.130. The van der Waals surface area contributed by atoms with Crippen LogP contribution in [0.2, 0.25) is 0 Å². The summed E-state index contributed by atoms with van der Waals surface area (Å²) in [6, 6.07) is 5.36. The van der Waals surface area contributed by atoms with Gasteiger partial charge in [-0.2, -0.15) is 0 Å². The number of nitrogens with zero attached hydrogens (tertiary/aromatic N) is 5. The summed E-state index contributed by atoms with van der Waals surface area (Å²) in [6.07, 6.45) is 4.25. The Kier molecular flexibility index (Phi) is 5.42. The molecule has 0 aliphatic carbocycles. The van der Waals surface area contributed by atoms with Crippen LogP contribution in [0, 0.1) is 0 Å². The van der Waals surface area contributed by atoms with Crippen molar-refractivity contribution >= 4 is 17.6 Å². The summed E-state index contributed by atoms with van der Waals surface area (Å²) in [7, 11) is 1.86. The fourth-order valence-corrected chi connectivity index (χ4v) is 4.14. The van der Waals surface area contributed by atoms with Crippen molar-refractivity contribution < 1.29 is 9.59 Å². The van der Waals surface area contributed by atoms with Crippen LogP contribution in [0.15, 0.2) is 24.4 Å². The van der Waals surface area contributed by atoms with Crippen LogP contribution in [0.5, 0.6) is 0 Å². The number of fused-ring (bicyclic) bond motifs is 1. The van der Waals surface area contributed by atoms with Crippen molar-refractivity contribution in [2.75, 3.05) is 32.0 Å². The molecule has 1 unspecified atom stereocenters. The number of rotatable bonds is 3. The van der Waals surface area contributed by atoms with Crippen molar-refractivity contribution in [3.8, 4) is 0 Å². The van der Waals surface area contributed by atoms with E-state index in [1.54, 1.807) is 30.2 Å². The molecule has 4 rings (SSSR count). The molecule has 1 saturated heterocycles. The zero-order valence-corrected chi connectivity index (χ0v) is 16.9. The van der Waals surface area contributed by atoms with Gasteiger partial charge in [0, 0.05) is 51.3 Å². The number of hydrogen-bond acceptors (Lipinski definition) is 6. The van der Waals surface area contributed by atoms with E-state index >= 15 is 0 Å². The number of anilines is 1. The molecule has 1 N–H and O–H groups in total. The zero-order chi connectivity index (χ0) is 20.4.